The number of ether oxygens (including phenoxy) is 1. The molecule has 5 rings (SSSR count). The van der Waals surface area contributed by atoms with Gasteiger partial charge in [0.1, 0.15) is 5.82 Å². The average Bonchev–Trinajstić information content (AvgIpc) is 3.06. The SMILES string of the molecule is CCOC(=O)C(CN(Cc1ccccc1)Cc1ccccc1)(c1ccc(F)cc1)N(Cc1ccccc1)Cc1ccccc1. The maximum Gasteiger partial charge on any atom is 0.332 e. The third kappa shape index (κ3) is 7.87. The van der Waals surface area contributed by atoms with Crippen molar-refractivity contribution in [2.24, 2.45) is 0 Å². The largest absolute Gasteiger partial charge is 0.464 e. The molecule has 0 saturated heterocycles. The summed E-state index contributed by atoms with van der Waals surface area (Å²) in [4.78, 5) is 19.1. The third-order valence-electron chi connectivity index (χ3n) is 7.86. The maximum absolute atomic E-state index is 14.6. The van der Waals surface area contributed by atoms with Gasteiger partial charge in [-0.15, -0.1) is 0 Å². The number of esters is 1. The van der Waals surface area contributed by atoms with Gasteiger partial charge < -0.3 is 4.74 Å². The second-order valence-corrected chi connectivity index (χ2v) is 11.0. The third-order valence-corrected chi connectivity index (χ3v) is 7.86. The summed E-state index contributed by atoms with van der Waals surface area (Å²) in [5.74, 6) is -0.709. The van der Waals surface area contributed by atoms with E-state index in [0.717, 1.165) is 22.3 Å². The van der Waals surface area contributed by atoms with Crippen LogP contribution in [0.25, 0.3) is 0 Å². The Balaban J connectivity index is 1.69. The molecule has 0 heterocycles. The molecule has 0 N–H and O–H groups in total. The molecule has 5 aromatic carbocycles. The van der Waals surface area contributed by atoms with Crippen LogP contribution in [0.2, 0.25) is 0 Å². The molecule has 1 atom stereocenters. The van der Waals surface area contributed by atoms with Crippen LogP contribution in [-0.2, 0) is 41.2 Å². The van der Waals surface area contributed by atoms with Crippen molar-refractivity contribution in [2.75, 3.05) is 13.2 Å². The van der Waals surface area contributed by atoms with Crippen LogP contribution in [0.5, 0.6) is 0 Å². The Labute approximate surface area is 260 Å². The molecule has 224 valence electrons. The fraction of sp³-hybridized carbons (Fsp3) is 0.205. The van der Waals surface area contributed by atoms with Crippen LogP contribution in [0.15, 0.2) is 146 Å². The lowest BCUT2D eigenvalue weighted by atomic mass is 9.85. The van der Waals surface area contributed by atoms with Gasteiger partial charge >= 0.3 is 5.97 Å². The van der Waals surface area contributed by atoms with Crippen molar-refractivity contribution in [2.45, 2.75) is 38.6 Å². The average molecular weight is 587 g/mol. The predicted octanol–water partition coefficient (Wildman–Crippen LogP) is 7.99. The lowest BCUT2D eigenvalue weighted by Crippen LogP contribution is -2.58. The molecule has 0 aliphatic rings. The maximum atomic E-state index is 14.6. The number of carbonyl (C=O) groups excluding carboxylic acids is 1. The zero-order valence-corrected chi connectivity index (χ0v) is 25.2. The fourth-order valence-electron chi connectivity index (χ4n) is 5.77. The van der Waals surface area contributed by atoms with Gasteiger partial charge in [-0.3, -0.25) is 9.80 Å². The van der Waals surface area contributed by atoms with Crippen molar-refractivity contribution in [3.63, 3.8) is 0 Å². The molecule has 0 spiro atoms. The standard InChI is InChI=1S/C39H39FN2O2/c1-2-44-38(43)39(36-23-25-37(40)26-24-36,42(29-34-19-11-5-12-20-34)30-35-21-13-6-14-22-35)31-41(27-32-15-7-3-8-16-32)28-33-17-9-4-10-18-33/h3-26H,2,27-31H2,1H3. The molecule has 5 heteroatoms. The highest BCUT2D eigenvalue weighted by atomic mass is 19.1. The molecule has 0 aromatic heterocycles. The van der Waals surface area contributed by atoms with Crippen LogP contribution in [0.3, 0.4) is 0 Å². The highest BCUT2D eigenvalue weighted by molar-refractivity contribution is 5.83. The predicted molar refractivity (Wildman–Crippen MR) is 174 cm³/mol. The van der Waals surface area contributed by atoms with Gasteiger partial charge in [0.2, 0.25) is 0 Å². The van der Waals surface area contributed by atoms with Crippen LogP contribution < -0.4 is 0 Å². The Kier molecular flexibility index (Phi) is 10.7. The highest BCUT2D eigenvalue weighted by Gasteiger charge is 2.48. The number of carbonyl (C=O) groups is 1. The van der Waals surface area contributed by atoms with Crippen LogP contribution in [0.1, 0.15) is 34.7 Å². The summed E-state index contributed by atoms with van der Waals surface area (Å²) in [6.45, 7) is 4.57. The number of rotatable bonds is 14. The molecule has 0 saturated carbocycles. The van der Waals surface area contributed by atoms with Crippen LogP contribution >= 0.6 is 0 Å². The molecule has 5 aromatic rings. The fourth-order valence-corrected chi connectivity index (χ4v) is 5.77. The Morgan fingerprint density at radius 1 is 0.591 bits per heavy atom. The highest BCUT2D eigenvalue weighted by Crippen LogP contribution is 2.36. The molecule has 0 radical (unpaired) electrons. The van der Waals surface area contributed by atoms with Gasteiger partial charge in [-0.2, -0.15) is 0 Å². The Bertz CT molecular complexity index is 1480. The van der Waals surface area contributed by atoms with Crippen LogP contribution in [0.4, 0.5) is 4.39 Å². The Morgan fingerprint density at radius 3 is 1.36 bits per heavy atom. The van der Waals surface area contributed by atoms with Crippen molar-refractivity contribution in [3.05, 3.63) is 179 Å². The molecule has 0 bridgehead atoms. The molecule has 0 fully saturated rings. The van der Waals surface area contributed by atoms with E-state index in [1.165, 1.54) is 12.1 Å². The number of halogens is 1. The molecule has 1 unspecified atom stereocenters. The first-order valence-corrected chi connectivity index (χ1v) is 15.1. The summed E-state index contributed by atoms with van der Waals surface area (Å²) >= 11 is 0. The van der Waals surface area contributed by atoms with Crippen molar-refractivity contribution in [1.82, 2.24) is 9.80 Å². The summed E-state index contributed by atoms with van der Waals surface area (Å²) in [5, 5.41) is 0. The van der Waals surface area contributed by atoms with Gasteiger partial charge in [-0.05, 0) is 46.9 Å². The van der Waals surface area contributed by atoms with E-state index in [-0.39, 0.29) is 18.4 Å². The topological polar surface area (TPSA) is 32.8 Å². The molecule has 0 amide bonds. The van der Waals surface area contributed by atoms with E-state index in [0.29, 0.717) is 38.3 Å². The molecule has 0 aliphatic carbocycles. The smallest absolute Gasteiger partial charge is 0.332 e. The van der Waals surface area contributed by atoms with Gasteiger partial charge in [0.15, 0.2) is 5.54 Å². The lowest BCUT2D eigenvalue weighted by molar-refractivity contribution is -0.162. The normalized spacial score (nSPS) is 12.6. The van der Waals surface area contributed by atoms with Crippen molar-refractivity contribution in [3.8, 4) is 0 Å². The van der Waals surface area contributed by atoms with Gasteiger partial charge in [-0.1, -0.05) is 133 Å². The monoisotopic (exact) mass is 586 g/mol. The minimum absolute atomic E-state index is 0.226. The van der Waals surface area contributed by atoms with E-state index >= 15 is 0 Å². The van der Waals surface area contributed by atoms with Crippen LogP contribution in [0, 0.1) is 5.82 Å². The number of hydrogen-bond acceptors (Lipinski definition) is 4. The summed E-state index contributed by atoms with van der Waals surface area (Å²) in [6.07, 6.45) is 0. The summed E-state index contributed by atoms with van der Waals surface area (Å²) < 4.78 is 20.4. The van der Waals surface area contributed by atoms with E-state index in [4.69, 9.17) is 4.74 Å². The second kappa shape index (κ2) is 15.2. The molecular formula is C39H39FN2O2. The van der Waals surface area contributed by atoms with Crippen LogP contribution in [-0.4, -0.2) is 28.9 Å². The number of nitrogens with zero attached hydrogens (tertiary/aromatic N) is 2. The molecule has 44 heavy (non-hydrogen) atoms. The quantitative estimate of drug-likeness (QED) is 0.124. The summed E-state index contributed by atoms with van der Waals surface area (Å²) in [6, 6.07) is 47.2. The molecule has 4 nitrogen and oxygen atoms in total. The number of benzene rings is 5. The van der Waals surface area contributed by atoms with E-state index < -0.39 is 5.54 Å². The van der Waals surface area contributed by atoms with Crippen molar-refractivity contribution in [1.29, 1.82) is 0 Å². The second-order valence-electron chi connectivity index (χ2n) is 11.0. The van der Waals surface area contributed by atoms with E-state index in [1.807, 2.05) is 79.7 Å². The lowest BCUT2D eigenvalue weighted by Gasteiger charge is -2.45. The zero-order valence-electron chi connectivity index (χ0n) is 25.2. The Hall–Kier alpha value is -4.58. The molecular weight excluding hydrogens is 547 g/mol. The van der Waals surface area contributed by atoms with Gasteiger partial charge in [-0.25, -0.2) is 9.18 Å². The van der Waals surface area contributed by atoms with Gasteiger partial charge in [0.05, 0.1) is 6.61 Å². The van der Waals surface area contributed by atoms with Crippen molar-refractivity contribution >= 4 is 5.97 Å². The minimum atomic E-state index is -1.26. The summed E-state index contributed by atoms with van der Waals surface area (Å²) in [7, 11) is 0. The first kappa shape index (κ1) is 30.9. The zero-order chi connectivity index (χ0) is 30.6. The Morgan fingerprint density at radius 2 is 0.977 bits per heavy atom. The first-order chi connectivity index (χ1) is 21.6. The van der Waals surface area contributed by atoms with E-state index in [2.05, 4.69) is 58.3 Å². The van der Waals surface area contributed by atoms with Gasteiger partial charge in [0, 0.05) is 32.7 Å². The number of hydrogen-bond donors (Lipinski definition) is 0. The van der Waals surface area contributed by atoms with Crippen molar-refractivity contribution < 1.29 is 13.9 Å². The minimum Gasteiger partial charge on any atom is -0.464 e. The summed E-state index contributed by atoms with van der Waals surface area (Å²) in [5.41, 5.74) is 3.83. The molecule has 0 aliphatic heterocycles. The first-order valence-electron chi connectivity index (χ1n) is 15.1. The van der Waals surface area contributed by atoms with Gasteiger partial charge in [0.25, 0.3) is 0 Å². The van der Waals surface area contributed by atoms with E-state index in [9.17, 15) is 9.18 Å². The van der Waals surface area contributed by atoms with E-state index in [1.54, 1.807) is 12.1 Å².